The summed E-state index contributed by atoms with van der Waals surface area (Å²) in [4.78, 5) is 12.2. The van der Waals surface area contributed by atoms with Crippen molar-refractivity contribution < 1.29 is 14.9 Å². The molecule has 0 aliphatic heterocycles. The second-order valence-corrected chi connectivity index (χ2v) is 5.04. The number of aromatic hydroxyl groups is 2. The molecule has 0 bridgehead atoms. The lowest BCUT2D eigenvalue weighted by Gasteiger charge is -2.11. The van der Waals surface area contributed by atoms with Crippen LogP contribution in [0.25, 0.3) is 17.1 Å². The van der Waals surface area contributed by atoms with E-state index in [-0.39, 0.29) is 17.3 Å². The Balaban J connectivity index is 2.22. The van der Waals surface area contributed by atoms with E-state index in [1.807, 2.05) is 6.92 Å². The van der Waals surface area contributed by atoms with E-state index in [0.29, 0.717) is 17.0 Å². The van der Waals surface area contributed by atoms with Crippen LogP contribution >= 0.6 is 0 Å². The van der Waals surface area contributed by atoms with Crippen LogP contribution in [0.5, 0.6) is 17.2 Å². The highest BCUT2D eigenvalue weighted by Crippen LogP contribution is 2.32. The van der Waals surface area contributed by atoms with Gasteiger partial charge in [-0.05, 0) is 42.8 Å². The quantitative estimate of drug-likeness (QED) is 0.686. The summed E-state index contributed by atoms with van der Waals surface area (Å²) in [6, 6.07) is 9.39. The van der Waals surface area contributed by atoms with Crippen molar-refractivity contribution in [1.29, 1.82) is 0 Å². The molecule has 3 rings (SSSR count). The maximum Gasteiger partial charge on any atom is 0.348 e. The third kappa shape index (κ3) is 2.52. The van der Waals surface area contributed by atoms with E-state index in [9.17, 15) is 15.0 Å². The van der Waals surface area contributed by atoms with Crippen molar-refractivity contribution in [2.75, 3.05) is 7.11 Å². The molecule has 0 aliphatic rings. The average Bonchev–Trinajstić information content (AvgIpc) is 2.88. The highest BCUT2D eigenvalue weighted by molar-refractivity contribution is 5.67. The van der Waals surface area contributed by atoms with Gasteiger partial charge in [0.2, 0.25) is 0 Å². The molecule has 0 amide bonds. The zero-order chi connectivity index (χ0) is 16.6. The Hall–Kier alpha value is -3.22. The maximum absolute atomic E-state index is 12.2. The molecule has 7 nitrogen and oxygen atoms in total. The molecule has 23 heavy (non-hydrogen) atoms. The van der Waals surface area contributed by atoms with E-state index in [1.54, 1.807) is 25.3 Å². The molecule has 0 saturated carbocycles. The summed E-state index contributed by atoms with van der Waals surface area (Å²) < 4.78 is 6.53. The fraction of sp³-hybridized carbons (Fsp3) is 0.125. The zero-order valence-corrected chi connectivity index (χ0v) is 12.6. The molecular weight excluding hydrogens is 298 g/mol. The van der Waals surface area contributed by atoms with Gasteiger partial charge in [0.15, 0.2) is 5.82 Å². The number of H-pyrrole nitrogens is 1. The summed E-state index contributed by atoms with van der Waals surface area (Å²) in [6.45, 7) is 1.84. The number of hydrogen-bond donors (Lipinski definition) is 3. The Bertz CT molecular complexity index is 927. The second-order valence-electron chi connectivity index (χ2n) is 5.04. The molecule has 0 unspecified atom stereocenters. The number of aryl methyl sites for hydroxylation is 1. The van der Waals surface area contributed by atoms with Crippen LogP contribution in [0.2, 0.25) is 0 Å². The molecule has 1 heterocycles. The molecule has 3 aromatic rings. The van der Waals surface area contributed by atoms with Crippen molar-refractivity contribution in [2.24, 2.45) is 0 Å². The number of nitrogens with zero attached hydrogens (tertiary/aromatic N) is 2. The topological polar surface area (TPSA) is 100 Å². The number of phenols is 2. The highest BCUT2D eigenvalue weighted by Gasteiger charge is 2.17. The predicted octanol–water partition coefficient (Wildman–Crippen LogP) is 1.96. The molecule has 0 atom stereocenters. The Morgan fingerprint density at radius 3 is 2.61 bits per heavy atom. The Kier molecular flexibility index (Phi) is 3.53. The molecule has 7 heteroatoms. The first kappa shape index (κ1) is 14.7. The van der Waals surface area contributed by atoms with Gasteiger partial charge in [-0.1, -0.05) is 0 Å². The Labute approximate surface area is 131 Å². The first-order chi connectivity index (χ1) is 11.0. The van der Waals surface area contributed by atoms with Crippen molar-refractivity contribution in [1.82, 2.24) is 14.8 Å². The van der Waals surface area contributed by atoms with Gasteiger partial charge in [-0.3, -0.25) is 0 Å². The minimum absolute atomic E-state index is 0.0729. The van der Waals surface area contributed by atoms with Crippen LogP contribution in [-0.4, -0.2) is 32.1 Å². The van der Waals surface area contributed by atoms with Gasteiger partial charge in [0.05, 0.1) is 18.4 Å². The summed E-state index contributed by atoms with van der Waals surface area (Å²) in [5.41, 5.74) is 1.33. The fourth-order valence-electron chi connectivity index (χ4n) is 2.42. The van der Waals surface area contributed by atoms with Gasteiger partial charge >= 0.3 is 5.69 Å². The Morgan fingerprint density at radius 2 is 1.96 bits per heavy atom. The lowest BCUT2D eigenvalue weighted by Crippen LogP contribution is -2.16. The molecular formula is C16H15N3O4. The van der Waals surface area contributed by atoms with Crippen molar-refractivity contribution in [3.8, 4) is 34.3 Å². The number of ether oxygens (including phenoxy) is 1. The molecule has 3 N–H and O–H groups in total. The lowest BCUT2D eigenvalue weighted by molar-refractivity contribution is 0.414. The highest BCUT2D eigenvalue weighted by atomic mass is 16.5. The zero-order valence-electron chi connectivity index (χ0n) is 12.6. The number of phenolic OH excluding ortho intramolecular Hbond substituents is 2. The number of methoxy groups -OCH3 is 1. The van der Waals surface area contributed by atoms with E-state index < -0.39 is 5.69 Å². The van der Waals surface area contributed by atoms with Crippen LogP contribution in [-0.2, 0) is 0 Å². The molecule has 2 aromatic carbocycles. The largest absolute Gasteiger partial charge is 0.508 e. The third-order valence-electron chi connectivity index (χ3n) is 3.54. The number of benzene rings is 2. The van der Waals surface area contributed by atoms with Gasteiger partial charge in [0.1, 0.15) is 17.2 Å². The molecule has 1 aromatic heterocycles. The molecule has 0 aliphatic carbocycles. The first-order valence-corrected chi connectivity index (χ1v) is 6.86. The maximum atomic E-state index is 12.2. The summed E-state index contributed by atoms with van der Waals surface area (Å²) in [5, 5.41) is 25.8. The monoisotopic (exact) mass is 313 g/mol. The number of aromatic nitrogens is 3. The molecule has 0 fully saturated rings. The Morgan fingerprint density at radius 1 is 1.17 bits per heavy atom. The normalized spacial score (nSPS) is 10.7. The summed E-state index contributed by atoms with van der Waals surface area (Å²) >= 11 is 0. The second kappa shape index (κ2) is 5.53. The van der Waals surface area contributed by atoms with Crippen molar-refractivity contribution in [3.63, 3.8) is 0 Å². The number of rotatable bonds is 3. The van der Waals surface area contributed by atoms with Crippen molar-refractivity contribution >= 4 is 0 Å². The van der Waals surface area contributed by atoms with E-state index in [1.165, 1.54) is 22.8 Å². The summed E-state index contributed by atoms with van der Waals surface area (Å²) in [6.07, 6.45) is 0. The van der Waals surface area contributed by atoms with Gasteiger partial charge in [-0.25, -0.2) is 14.5 Å². The smallest absolute Gasteiger partial charge is 0.348 e. The summed E-state index contributed by atoms with van der Waals surface area (Å²) in [7, 11) is 1.57. The van der Waals surface area contributed by atoms with Crippen molar-refractivity contribution in [3.05, 3.63) is 52.4 Å². The lowest BCUT2D eigenvalue weighted by atomic mass is 10.1. The molecule has 0 spiro atoms. The van der Waals surface area contributed by atoms with Crippen LogP contribution < -0.4 is 10.4 Å². The molecule has 0 saturated heterocycles. The molecule has 118 valence electrons. The van der Waals surface area contributed by atoms with E-state index >= 15 is 0 Å². The van der Waals surface area contributed by atoms with E-state index in [0.717, 1.165) is 5.56 Å². The van der Waals surface area contributed by atoms with Gasteiger partial charge in [0, 0.05) is 6.07 Å². The van der Waals surface area contributed by atoms with Crippen LogP contribution in [0.1, 0.15) is 5.56 Å². The number of aromatic amines is 1. The number of nitrogens with one attached hydrogen (secondary N) is 1. The van der Waals surface area contributed by atoms with Gasteiger partial charge in [-0.2, -0.15) is 5.10 Å². The fourth-order valence-corrected chi connectivity index (χ4v) is 2.42. The SMILES string of the molecule is COc1ccc(-n2c(-c3ccc(O)cc3O)n[nH]c2=O)c(C)c1. The molecule has 0 radical (unpaired) electrons. The van der Waals surface area contributed by atoms with Crippen LogP contribution in [0.3, 0.4) is 0 Å². The average molecular weight is 313 g/mol. The van der Waals surface area contributed by atoms with Gasteiger partial charge < -0.3 is 14.9 Å². The van der Waals surface area contributed by atoms with Crippen LogP contribution in [0.4, 0.5) is 0 Å². The minimum atomic E-state index is -0.430. The van der Waals surface area contributed by atoms with Gasteiger partial charge in [0.25, 0.3) is 0 Å². The summed E-state index contributed by atoms with van der Waals surface area (Å²) in [5.74, 6) is 0.685. The van der Waals surface area contributed by atoms with Crippen LogP contribution in [0, 0.1) is 6.92 Å². The van der Waals surface area contributed by atoms with E-state index in [4.69, 9.17) is 4.74 Å². The third-order valence-corrected chi connectivity index (χ3v) is 3.54. The van der Waals surface area contributed by atoms with Crippen LogP contribution in [0.15, 0.2) is 41.2 Å². The van der Waals surface area contributed by atoms with E-state index in [2.05, 4.69) is 10.2 Å². The van der Waals surface area contributed by atoms with Crippen molar-refractivity contribution in [2.45, 2.75) is 6.92 Å². The first-order valence-electron chi connectivity index (χ1n) is 6.86. The van der Waals surface area contributed by atoms with Gasteiger partial charge in [-0.15, -0.1) is 0 Å². The number of hydrogen-bond acceptors (Lipinski definition) is 5. The standard InChI is InChI=1S/C16H15N3O4/c1-9-7-11(23-2)4-6-13(9)19-15(17-18-16(19)22)12-5-3-10(20)8-14(12)21/h3-8,20-21H,1-2H3,(H,18,22). The minimum Gasteiger partial charge on any atom is -0.508 e. The predicted molar refractivity (Wildman–Crippen MR) is 84.2 cm³/mol.